The van der Waals surface area contributed by atoms with Gasteiger partial charge < -0.3 is 0 Å². The Morgan fingerprint density at radius 2 is 0.947 bits per heavy atom. The van der Waals surface area contributed by atoms with Crippen molar-refractivity contribution in [2.45, 2.75) is 0 Å². The van der Waals surface area contributed by atoms with Crippen LogP contribution in [-0.4, -0.2) is 0 Å². The Morgan fingerprint density at radius 3 is 1.37 bits per heavy atom. The molecule has 0 saturated heterocycles. The molecule has 4 rings (SSSR count). The van der Waals surface area contributed by atoms with Crippen LogP contribution >= 0.6 is 0 Å². The van der Waals surface area contributed by atoms with Crippen LogP contribution in [0.4, 0.5) is 0 Å². The average Bonchev–Trinajstić information content (AvgIpc) is 3.08. The van der Waals surface area contributed by atoms with Crippen molar-refractivity contribution in [1.29, 1.82) is 0 Å². The molecule has 1 heteroatoms. The first-order valence-electron chi connectivity index (χ1n) is 6.14. The zero-order chi connectivity index (χ0) is 12.2. The third-order valence-corrected chi connectivity index (χ3v) is 3.10. The van der Waals surface area contributed by atoms with E-state index in [1.807, 2.05) is 0 Å². The van der Waals surface area contributed by atoms with E-state index in [1.165, 1.54) is 21.5 Å². The van der Waals surface area contributed by atoms with Crippen LogP contribution < -0.4 is 0 Å². The first-order valence-corrected chi connectivity index (χ1v) is 6.14. The number of rotatable bonds is 0. The maximum atomic E-state index is 2.12. The van der Waals surface area contributed by atoms with Crippen LogP contribution in [0.15, 0.2) is 84.9 Å². The van der Waals surface area contributed by atoms with Gasteiger partial charge in [0, 0.05) is 0 Å². The standard InChI is InChI=1S/2C9H7.Ni/c2*1-2-5-9-7-3-6-8(9)4-1;/h2*1-7H;/q2*-1;+2. The van der Waals surface area contributed by atoms with E-state index in [-0.39, 0.29) is 16.5 Å². The third kappa shape index (κ3) is 3.13. The first-order chi connectivity index (χ1) is 8.93. The molecular formula is C18H14Ni. The molecule has 19 heavy (non-hydrogen) atoms. The SMILES string of the molecule is [Ni+2].c1ccc2[cH-]ccc2c1.c1ccc2[cH-]ccc2c1. The monoisotopic (exact) mass is 288 g/mol. The second kappa shape index (κ2) is 6.36. The molecule has 0 aliphatic heterocycles. The van der Waals surface area contributed by atoms with Crippen LogP contribution in [0.5, 0.6) is 0 Å². The van der Waals surface area contributed by atoms with E-state index in [0.717, 1.165) is 0 Å². The number of hydrogen-bond donors (Lipinski definition) is 0. The fraction of sp³-hybridized carbons (Fsp3) is 0. The molecule has 0 bridgehead atoms. The minimum Gasteiger partial charge on any atom is -0.168 e. The van der Waals surface area contributed by atoms with Gasteiger partial charge in [0.2, 0.25) is 0 Å². The second-order valence-electron chi connectivity index (χ2n) is 4.31. The summed E-state index contributed by atoms with van der Waals surface area (Å²) in [7, 11) is 0. The largest absolute Gasteiger partial charge is 2.00 e. The quantitative estimate of drug-likeness (QED) is 0.311. The predicted molar refractivity (Wildman–Crippen MR) is 79.1 cm³/mol. The zero-order valence-corrected chi connectivity index (χ0v) is 11.4. The van der Waals surface area contributed by atoms with E-state index in [4.69, 9.17) is 0 Å². The summed E-state index contributed by atoms with van der Waals surface area (Å²) in [5.74, 6) is 0. The van der Waals surface area contributed by atoms with Crippen molar-refractivity contribution in [2.75, 3.05) is 0 Å². The normalized spacial score (nSPS) is 9.68. The molecule has 0 radical (unpaired) electrons. The van der Waals surface area contributed by atoms with Crippen LogP contribution in [-0.2, 0) is 16.5 Å². The fourth-order valence-corrected chi connectivity index (χ4v) is 2.14. The van der Waals surface area contributed by atoms with E-state index in [0.29, 0.717) is 0 Å². The van der Waals surface area contributed by atoms with Gasteiger partial charge in [-0.05, 0) is 0 Å². The molecule has 96 valence electrons. The van der Waals surface area contributed by atoms with Crippen molar-refractivity contribution in [3.63, 3.8) is 0 Å². The van der Waals surface area contributed by atoms with Crippen molar-refractivity contribution in [1.82, 2.24) is 0 Å². The van der Waals surface area contributed by atoms with E-state index < -0.39 is 0 Å². The molecule has 0 heterocycles. The minimum atomic E-state index is 0. The number of fused-ring (bicyclic) bond motifs is 2. The van der Waals surface area contributed by atoms with Gasteiger partial charge in [-0.1, -0.05) is 12.1 Å². The Hall–Kier alpha value is -1.85. The summed E-state index contributed by atoms with van der Waals surface area (Å²) < 4.78 is 0. The Kier molecular flexibility index (Phi) is 4.55. The molecule has 0 fully saturated rings. The molecule has 0 unspecified atom stereocenters. The Morgan fingerprint density at radius 1 is 0.526 bits per heavy atom. The van der Waals surface area contributed by atoms with Gasteiger partial charge in [-0.25, -0.2) is 0 Å². The third-order valence-electron chi connectivity index (χ3n) is 3.10. The van der Waals surface area contributed by atoms with Gasteiger partial charge in [0.1, 0.15) is 0 Å². The van der Waals surface area contributed by atoms with E-state index >= 15 is 0 Å². The summed E-state index contributed by atoms with van der Waals surface area (Å²) in [5, 5.41) is 5.32. The summed E-state index contributed by atoms with van der Waals surface area (Å²) in [6.45, 7) is 0. The Bertz CT molecular complexity index is 620. The molecule has 0 aliphatic rings. The maximum Gasteiger partial charge on any atom is 2.00 e. The molecule has 0 N–H and O–H groups in total. The molecule has 0 aromatic heterocycles. The van der Waals surface area contributed by atoms with Gasteiger partial charge >= 0.3 is 16.5 Å². The van der Waals surface area contributed by atoms with Crippen molar-refractivity contribution in [3.8, 4) is 0 Å². The van der Waals surface area contributed by atoms with Gasteiger partial charge in [0.05, 0.1) is 0 Å². The smallest absolute Gasteiger partial charge is 0.168 e. The van der Waals surface area contributed by atoms with E-state index in [2.05, 4.69) is 84.9 Å². The first kappa shape index (κ1) is 13.6. The van der Waals surface area contributed by atoms with Gasteiger partial charge in [0.15, 0.2) is 0 Å². The molecule has 0 saturated carbocycles. The molecule has 0 atom stereocenters. The van der Waals surface area contributed by atoms with Crippen LogP contribution in [0.3, 0.4) is 0 Å². The predicted octanol–water partition coefficient (Wildman–Crippen LogP) is 5.11. The van der Waals surface area contributed by atoms with Crippen LogP contribution in [0.25, 0.3) is 21.5 Å². The molecule has 4 aromatic rings. The van der Waals surface area contributed by atoms with Crippen molar-refractivity contribution >= 4 is 21.5 Å². The van der Waals surface area contributed by atoms with Gasteiger partial charge in [-0.3, -0.25) is 0 Å². The minimum absolute atomic E-state index is 0. The van der Waals surface area contributed by atoms with Crippen molar-refractivity contribution < 1.29 is 16.5 Å². The summed E-state index contributed by atoms with van der Waals surface area (Å²) in [6, 6.07) is 29.3. The zero-order valence-electron chi connectivity index (χ0n) is 10.4. The van der Waals surface area contributed by atoms with E-state index in [9.17, 15) is 0 Å². The van der Waals surface area contributed by atoms with Gasteiger partial charge in [0.25, 0.3) is 0 Å². The number of hydrogen-bond acceptors (Lipinski definition) is 0. The van der Waals surface area contributed by atoms with Gasteiger partial charge in [-0.15, -0.1) is 59.3 Å². The van der Waals surface area contributed by atoms with Crippen LogP contribution in [0, 0.1) is 0 Å². The summed E-state index contributed by atoms with van der Waals surface area (Å²) >= 11 is 0. The average molecular weight is 289 g/mol. The molecule has 4 aromatic carbocycles. The van der Waals surface area contributed by atoms with E-state index in [1.54, 1.807) is 0 Å². The molecular weight excluding hydrogens is 275 g/mol. The molecule has 0 amide bonds. The number of benzene rings is 2. The summed E-state index contributed by atoms with van der Waals surface area (Å²) in [6.07, 6.45) is 0. The Balaban J connectivity index is 0.000000133. The second-order valence-corrected chi connectivity index (χ2v) is 4.31. The fourth-order valence-electron chi connectivity index (χ4n) is 2.14. The Labute approximate surface area is 123 Å². The topological polar surface area (TPSA) is 0 Å². The maximum absolute atomic E-state index is 2.12. The summed E-state index contributed by atoms with van der Waals surface area (Å²) in [4.78, 5) is 0. The van der Waals surface area contributed by atoms with Crippen LogP contribution in [0.1, 0.15) is 0 Å². The molecule has 0 nitrogen and oxygen atoms in total. The van der Waals surface area contributed by atoms with Crippen LogP contribution in [0.2, 0.25) is 0 Å². The van der Waals surface area contributed by atoms with Crippen molar-refractivity contribution in [3.05, 3.63) is 84.9 Å². The summed E-state index contributed by atoms with van der Waals surface area (Å²) in [5.41, 5.74) is 0. The van der Waals surface area contributed by atoms with Crippen molar-refractivity contribution in [2.24, 2.45) is 0 Å². The van der Waals surface area contributed by atoms with Gasteiger partial charge in [-0.2, -0.15) is 35.0 Å². The molecule has 0 spiro atoms. The molecule has 0 aliphatic carbocycles.